The quantitative estimate of drug-likeness (QED) is 0.264. The molecule has 8 heteroatoms. The summed E-state index contributed by atoms with van der Waals surface area (Å²) in [4.78, 5) is 11.6. The van der Waals surface area contributed by atoms with E-state index in [4.69, 9.17) is 13.7 Å². The second-order valence-corrected chi connectivity index (χ2v) is 9.73. The van der Waals surface area contributed by atoms with Gasteiger partial charge < -0.3 is 23.8 Å². The summed E-state index contributed by atoms with van der Waals surface area (Å²) < 4.78 is 23.0. The molecule has 196 valence electrons. The summed E-state index contributed by atoms with van der Waals surface area (Å²) in [5.74, 6) is 0.779. The molecule has 0 saturated carbocycles. The Morgan fingerprint density at radius 1 is 1.20 bits per heavy atom. The summed E-state index contributed by atoms with van der Waals surface area (Å²) in [6.07, 6.45) is 2.00. The van der Waals surface area contributed by atoms with Gasteiger partial charge in [0.1, 0.15) is 5.76 Å². The average Bonchev–Trinajstić information content (AvgIpc) is 3.23. The summed E-state index contributed by atoms with van der Waals surface area (Å²) in [5, 5.41) is 3.33. The van der Waals surface area contributed by atoms with Crippen molar-refractivity contribution in [3.8, 4) is 0 Å². The minimum absolute atomic E-state index is 0.208. The summed E-state index contributed by atoms with van der Waals surface area (Å²) in [5.41, 5.74) is 2.51. The van der Waals surface area contributed by atoms with Crippen LogP contribution in [0.25, 0.3) is 0 Å². The minimum Gasteiger partial charge on any atom is -0.463 e. The van der Waals surface area contributed by atoms with Crippen molar-refractivity contribution >= 4 is 40.2 Å². The van der Waals surface area contributed by atoms with Gasteiger partial charge in [-0.3, -0.25) is 0 Å². The SMILES string of the molecule is C/C=C(\C)Br.CC.COB(OC(C)(C)C(C)C)c1ccc(NCc2cc(C(=O)OC)oc2C)cc1. The highest BCUT2D eigenvalue weighted by atomic mass is 79.9. The third-order valence-corrected chi connectivity index (χ3v) is 5.94. The van der Waals surface area contributed by atoms with Gasteiger partial charge in [0, 0.05) is 24.9 Å². The van der Waals surface area contributed by atoms with E-state index in [9.17, 15) is 4.79 Å². The lowest BCUT2D eigenvalue weighted by molar-refractivity contribution is 0.0371. The topological polar surface area (TPSA) is 69.9 Å². The van der Waals surface area contributed by atoms with E-state index in [0.717, 1.165) is 16.7 Å². The molecule has 2 rings (SSSR count). The highest BCUT2D eigenvalue weighted by Crippen LogP contribution is 2.22. The molecule has 0 aliphatic carbocycles. The van der Waals surface area contributed by atoms with E-state index >= 15 is 0 Å². The molecular formula is C27H43BBrNO5. The fraction of sp³-hybridized carbons (Fsp3) is 0.519. The number of methoxy groups -OCH3 is 1. The molecule has 0 aliphatic rings. The number of nitrogens with one attached hydrogen (secondary N) is 1. The van der Waals surface area contributed by atoms with Crippen LogP contribution in [0.1, 0.15) is 77.3 Å². The lowest BCUT2D eigenvalue weighted by Gasteiger charge is -2.32. The van der Waals surface area contributed by atoms with Crippen molar-refractivity contribution in [2.24, 2.45) is 5.92 Å². The van der Waals surface area contributed by atoms with Crippen LogP contribution in [0.5, 0.6) is 0 Å². The molecule has 0 atom stereocenters. The molecule has 0 spiro atoms. The first kappa shape index (κ1) is 33.0. The average molecular weight is 552 g/mol. The van der Waals surface area contributed by atoms with Crippen LogP contribution in [0.3, 0.4) is 0 Å². The lowest BCUT2D eigenvalue weighted by atomic mass is 9.76. The van der Waals surface area contributed by atoms with Crippen molar-refractivity contribution in [2.45, 2.75) is 74.5 Å². The Kier molecular flexibility index (Phi) is 15.7. The van der Waals surface area contributed by atoms with Crippen LogP contribution >= 0.6 is 15.9 Å². The van der Waals surface area contributed by atoms with E-state index in [-0.39, 0.29) is 11.4 Å². The number of hydrogen-bond donors (Lipinski definition) is 1. The molecule has 1 N–H and O–H groups in total. The molecule has 0 bridgehead atoms. The number of furan rings is 1. The normalized spacial score (nSPS) is 11.2. The lowest BCUT2D eigenvalue weighted by Crippen LogP contribution is -2.45. The van der Waals surface area contributed by atoms with Gasteiger partial charge in [0.15, 0.2) is 0 Å². The molecule has 1 heterocycles. The minimum atomic E-state index is -0.478. The molecule has 0 aliphatic heterocycles. The van der Waals surface area contributed by atoms with Crippen LogP contribution in [-0.2, 0) is 20.6 Å². The summed E-state index contributed by atoms with van der Waals surface area (Å²) in [7, 11) is 2.55. The van der Waals surface area contributed by atoms with Crippen molar-refractivity contribution in [3.63, 3.8) is 0 Å². The van der Waals surface area contributed by atoms with Crippen molar-refractivity contribution in [1.29, 1.82) is 0 Å². The number of esters is 1. The Morgan fingerprint density at radius 2 is 1.74 bits per heavy atom. The van der Waals surface area contributed by atoms with E-state index in [1.54, 1.807) is 13.2 Å². The van der Waals surface area contributed by atoms with E-state index in [1.807, 2.05) is 65.0 Å². The number of anilines is 1. The number of carbonyl (C=O) groups is 1. The van der Waals surface area contributed by atoms with Gasteiger partial charge in [-0.2, -0.15) is 0 Å². The van der Waals surface area contributed by atoms with Crippen molar-refractivity contribution in [2.75, 3.05) is 19.5 Å². The largest absolute Gasteiger partial charge is 0.494 e. The summed E-state index contributed by atoms with van der Waals surface area (Å²) >= 11 is 3.23. The zero-order valence-corrected chi connectivity index (χ0v) is 24.8. The Hall–Kier alpha value is -2.03. The molecule has 35 heavy (non-hydrogen) atoms. The van der Waals surface area contributed by atoms with Crippen LogP contribution in [0.15, 0.2) is 45.3 Å². The molecule has 0 saturated heterocycles. The standard InChI is InChI=1S/C21H30BNO5.C4H7Br.C2H6/c1-14(2)21(4,5)28-22(26-7)17-8-10-18(11-9-17)23-13-16-12-19(20(24)25-6)27-15(16)3;1-3-4(2)5;1-2/h8-12,14,23H,13H2,1-7H3;3H,1-2H3;1-2H3/b;4-3+;. The zero-order chi connectivity index (χ0) is 27.2. The predicted octanol–water partition coefficient (Wildman–Crippen LogP) is 7.11. The number of hydrogen-bond acceptors (Lipinski definition) is 6. The predicted molar refractivity (Wildman–Crippen MR) is 151 cm³/mol. The van der Waals surface area contributed by atoms with E-state index in [2.05, 4.69) is 53.7 Å². The number of allylic oxidation sites excluding steroid dienone is 2. The van der Waals surface area contributed by atoms with Gasteiger partial charge in [-0.25, -0.2) is 4.79 Å². The van der Waals surface area contributed by atoms with Crippen LogP contribution in [0.4, 0.5) is 5.69 Å². The number of rotatable bonds is 9. The van der Waals surface area contributed by atoms with Crippen LogP contribution in [0.2, 0.25) is 0 Å². The summed E-state index contributed by atoms with van der Waals surface area (Å²) in [6.45, 7) is 18.7. The fourth-order valence-electron chi connectivity index (χ4n) is 2.52. The Balaban J connectivity index is 0.00000146. The second kappa shape index (κ2) is 16.6. The smallest absolute Gasteiger partial charge is 0.463 e. The number of aryl methyl sites for hydroxylation is 1. The van der Waals surface area contributed by atoms with E-state index in [0.29, 0.717) is 18.2 Å². The summed E-state index contributed by atoms with van der Waals surface area (Å²) in [6, 6.07) is 9.61. The molecular weight excluding hydrogens is 509 g/mol. The first-order chi connectivity index (χ1) is 16.4. The van der Waals surface area contributed by atoms with E-state index < -0.39 is 13.1 Å². The zero-order valence-electron chi connectivity index (χ0n) is 23.2. The van der Waals surface area contributed by atoms with Gasteiger partial charge in [0.2, 0.25) is 5.76 Å². The Morgan fingerprint density at radius 3 is 2.17 bits per heavy atom. The molecule has 0 fully saturated rings. The molecule has 0 amide bonds. The maximum Gasteiger partial charge on any atom is 0.494 e. The van der Waals surface area contributed by atoms with E-state index in [1.165, 1.54) is 11.6 Å². The molecule has 0 unspecified atom stereocenters. The highest BCUT2D eigenvalue weighted by Gasteiger charge is 2.31. The van der Waals surface area contributed by atoms with Crippen molar-refractivity contribution in [1.82, 2.24) is 0 Å². The number of benzene rings is 1. The van der Waals surface area contributed by atoms with Gasteiger partial charge in [-0.1, -0.05) is 61.8 Å². The van der Waals surface area contributed by atoms with Crippen LogP contribution in [0, 0.1) is 12.8 Å². The maximum absolute atomic E-state index is 11.6. The van der Waals surface area contributed by atoms with Crippen LogP contribution < -0.4 is 10.8 Å². The molecule has 1 aromatic heterocycles. The van der Waals surface area contributed by atoms with Gasteiger partial charge in [0.05, 0.1) is 12.7 Å². The number of carbonyl (C=O) groups excluding carboxylic acids is 1. The Bertz CT molecular complexity index is 903. The first-order valence-corrected chi connectivity index (χ1v) is 12.7. The molecule has 2 aromatic rings. The third-order valence-electron chi connectivity index (χ3n) is 5.49. The van der Waals surface area contributed by atoms with Crippen molar-refractivity contribution in [3.05, 3.63) is 58.0 Å². The van der Waals surface area contributed by atoms with Gasteiger partial charge >= 0.3 is 13.1 Å². The van der Waals surface area contributed by atoms with Crippen molar-refractivity contribution < 1.29 is 23.3 Å². The molecule has 1 aromatic carbocycles. The molecule has 0 radical (unpaired) electrons. The Labute approximate surface area is 221 Å². The second-order valence-electron chi connectivity index (χ2n) is 8.48. The fourth-order valence-corrected chi connectivity index (χ4v) is 2.52. The highest BCUT2D eigenvalue weighted by molar-refractivity contribution is 9.11. The molecule has 6 nitrogen and oxygen atoms in total. The number of halogens is 1. The van der Waals surface area contributed by atoms with Gasteiger partial charge in [0.25, 0.3) is 0 Å². The van der Waals surface area contributed by atoms with Gasteiger partial charge in [-0.15, -0.1) is 0 Å². The van der Waals surface area contributed by atoms with Gasteiger partial charge in [-0.05, 0) is 68.7 Å². The number of ether oxygens (including phenoxy) is 1. The monoisotopic (exact) mass is 551 g/mol. The third kappa shape index (κ3) is 11.5. The van der Waals surface area contributed by atoms with Crippen LogP contribution in [-0.4, -0.2) is 32.9 Å². The first-order valence-electron chi connectivity index (χ1n) is 12.0. The maximum atomic E-state index is 11.6.